The fraction of sp³-hybridized carbons (Fsp3) is 0.667. The number of ketones is 1. The van der Waals surface area contributed by atoms with Crippen LogP contribution in [0.5, 0.6) is 0 Å². The van der Waals surface area contributed by atoms with Gasteiger partial charge in [0.1, 0.15) is 5.69 Å². The van der Waals surface area contributed by atoms with Gasteiger partial charge >= 0.3 is 0 Å². The van der Waals surface area contributed by atoms with E-state index in [1.807, 2.05) is 27.7 Å². The van der Waals surface area contributed by atoms with Crippen molar-refractivity contribution in [3.8, 4) is 0 Å². The van der Waals surface area contributed by atoms with Crippen molar-refractivity contribution in [3.05, 3.63) is 16.4 Å². The number of rotatable bonds is 6. The Hall–Kier alpha value is -0.680. The minimum absolute atomic E-state index is 0.0413. The van der Waals surface area contributed by atoms with Crippen molar-refractivity contribution in [1.29, 1.82) is 0 Å². The molecule has 1 N–H and O–H groups in total. The van der Waals surface area contributed by atoms with Crippen LogP contribution >= 0.6 is 15.9 Å². The molecule has 1 atom stereocenters. The lowest BCUT2D eigenvalue weighted by Gasteiger charge is -2.15. The van der Waals surface area contributed by atoms with Gasteiger partial charge < -0.3 is 5.32 Å². The largest absolute Gasteiger partial charge is 0.316 e. The summed E-state index contributed by atoms with van der Waals surface area (Å²) in [5.74, 6) is 0.0875. The number of Topliss-reactive ketones (excluding diaryl/α,β-unsaturated/α-hetero) is 1. The smallest absolute Gasteiger partial charge is 0.186 e. The molecule has 0 bridgehead atoms. The van der Waals surface area contributed by atoms with E-state index in [4.69, 9.17) is 0 Å². The summed E-state index contributed by atoms with van der Waals surface area (Å²) in [4.78, 5) is 12.3. The van der Waals surface area contributed by atoms with Crippen LogP contribution in [0, 0.1) is 5.92 Å². The van der Waals surface area contributed by atoms with Crippen LogP contribution in [0.1, 0.15) is 44.2 Å². The highest BCUT2D eigenvalue weighted by atomic mass is 79.9. The Morgan fingerprint density at radius 3 is 2.71 bits per heavy atom. The summed E-state index contributed by atoms with van der Waals surface area (Å²) >= 11 is 3.40. The van der Waals surface area contributed by atoms with E-state index in [0.29, 0.717) is 12.2 Å². The molecule has 0 saturated carbocycles. The molecule has 0 aliphatic carbocycles. The van der Waals surface area contributed by atoms with E-state index in [0.717, 1.165) is 11.0 Å². The minimum atomic E-state index is -0.0413. The van der Waals surface area contributed by atoms with E-state index in [-0.39, 0.29) is 17.7 Å². The normalized spacial score (nSPS) is 13.1. The molecule has 96 valence electrons. The number of nitrogens with zero attached hydrogens (tertiary/aromatic N) is 2. The minimum Gasteiger partial charge on any atom is -0.316 e. The van der Waals surface area contributed by atoms with Crippen molar-refractivity contribution in [3.63, 3.8) is 0 Å². The Morgan fingerprint density at radius 2 is 2.18 bits per heavy atom. The lowest BCUT2D eigenvalue weighted by atomic mass is 10.0. The number of hydrogen-bond donors (Lipinski definition) is 1. The van der Waals surface area contributed by atoms with Crippen LogP contribution in [-0.2, 0) is 0 Å². The molecule has 0 spiro atoms. The van der Waals surface area contributed by atoms with Crippen molar-refractivity contribution in [2.75, 3.05) is 13.1 Å². The van der Waals surface area contributed by atoms with E-state index in [2.05, 4.69) is 26.3 Å². The molecule has 0 aliphatic rings. The highest BCUT2D eigenvalue weighted by Crippen LogP contribution is 2.22. The molecule has 4 nitrogen and oxygen atoms in total. The third kappa shape index (κ3) is 3.39. The van der Waals surface area contributed by atoms with Crippen LogP contribution in [0.15, 0.2) is 10.7 Å². The molecule has 0 aromatic carbocycles. The van der Waals surface area contributed by atoms with Crippen LogP contribution in [0.4, 0.5) is 0 Å². The van der Waals surface area contributed by atoms with Gasteiger partial charge in [0.05, 0.1) is 10.7 Å². The molecule has 1 unspecified atom stereocenters. The Morgan fingerprint density at radius 1 is 1.53 bits per heavy atom. The third-order valence-corrected chi connectivity index (χ3v) is 3.20. The number of carbonyl (C=O) groups excluding carboxylic acids is 1. The first kappa shape index (κ1) is 14.4. The number of aromatic nitrogens is 2. The van der Waals surface area contributed by atoms with Crippen molar-refractivity contribution in [2.24, 2.45) is 5.92 Å². The lowest BCUT2D eigenvalue weighted by Crippen LogP contribution is -2.28. The summed E-state index contributed by atoms with van der Waals surface area (Å²) in [6.07, 6.45) is 1.69. The van der Waals surface area contributed by atoms with E-state index < -0.39 is 0 Å². The lowest BCUT2D eigenvalue weighted by molar-refractivity contribution is 0.0915. The number of nitrogens with one attached hydrogen (secondary N) is 1. The maximum absolute atomic E-state index is 12.3. The second kappa shape index (κ2) is 6.31. The van der Waals surface area contributed by atoms with Gasteiger partial charge in [0.2, 0.25) is 0 Å². The number of halogens is 1. The Labute approximate surface area is 111 Å². The molecule has 1 aromatic rings. The number of hydrogen-bond acceptors (Lipinski definition) is 3. The molecule has 1 heterocycles. The molecule has 1 aromatic heterocycles. The second-order valence-electron chi connectivity index (χ2n) is 4.45. The molecular formula is C12H20BrN3O. The predicted molar refractivity (Wildman–Crippen MR) is 72.4 cm³/mol. The maximum atomic E-state index is 12.3. The van der Waals surface area contributed by atoms with E-state index in [1.165, 1.54) is 0 Å². The van der Waals surface area contributed by atoms with Gasteiger partial charge in [-0.2, -0.15) is 5.10 Å². The molecule has 1 rings (SSSR count). The summed E-state index contributed by atoms with van der Waals surface area (Å²) in [5.41, 5.74) is 0.672. The fourth-order valence-corrected chi connectivity index (χ4v) is 2.12. The van der Waals surface area contributed by atoms with Crippen molar-refractivity contribution in [2.45, 2.75) is 33.7 Å². The monoisotopic (exact) mass is 301 g/mol. The molecule has 0 aliphatic heterocycles. The van der Waals surface area contributed by atoms with Gasteiger partial charge in [-0.15, -0.1) is 0 Å². The maximum Gasteiger partial charge on any atom is 0.186 e. The first-order valence-electron chi connectivity index (χ1n) is 5.96. The summed E-state index contributed by atoms with van der Waals surface area (Å²) in [6.45, 7) is 9.59. The fourth-order valence-electron chi connectivity index (χ4n) is 1.65. The Kier molecular flexibility index (Phi) is 5.33. The van der Waals surface area contributed by atoms with Crippen LogP contribution < -0.4 is 5.32 Å². The van der Waals surface area contributed by atoms with Gasteiger partial charge in [-0.1, -0.05) is 13.8 Å². The first-order valence-corrected chi connectivity index (χ1v) is 6.76. The highest BCUT2D eigenvalue weighted by Gasteiger charge is 2.23. The molecular weight excluding hydrogens is 282 g/mol. The van der Waals surface area contributed by atoms with Gasteiger partial charge in [0.15, 0.2) is 5.78 Å². The van der Waals surface area contributed by atoms with Gasteiger partial charge in [0, 0.05) is 18.5 Å². The summed E-state index contributed by atoms with van der Waals surface area (Å²) < 4.78 is 2.55. The van der Waals surface area contributed by atoms with Gasteiger partial charge in [-0.05, 0) is 36.3 Å². The molecule has 0 radical (unpaired) electrons. The van der Waals surface area contributed by atoms with E-state index in [1.54, 1.807) is 10.9 Å². The van der Waals surface area contributed by atoms with Crippen LogP contribution in [0.2, 0.25) is 0 Å². The van der Waals surface area contributed by atoms with Gasteiger partial charge in [0.25, 0.3) is 0 Å². The zero-order valence-corrected chi connectivity index (χ0v) is 12.4. The van der Waals surface area contributed by atoms with Crippen molar-refractivity contribution < 1.29 is 4.79 Å². The average Bonchev–Trinajstić information content (AvgIpc) is 2.67. The third-order valence-electron chi connectivity index (χ3n) is 2.62. The highest BCUT2D eigenvalue weighted by molar-refractivity contribution is 9.10. The zero-order valence-electron chi connectivity index (χ0n) is 10.8. The number of carbonyl (C=O) groups is 1. The SMILES string of the molecule is CCNCC(C)C(=O)c1c(Br)cnn1C(C)C. The van der Waals surface area contributed by atoms with Crippen LogP contribution in [0.25, 0.3) is 0 Å². The van der Waals surface area contributed by atoms with Gasteiger partial charge in [-0.25, -0.2) is 0 Å². The topological polar surface area (TPSA) is 46.9 Å². The molecule has 0 saturated heterocycles. The van der Waals surface area contributed by atoms with E-state index in [9.17, 15) is 4.79 Å². The van der Waals surface area contributed by atoms with Gasteiger partial charge in [-0.3, -0.25) is 9.48 Å². The van der Waals surface area contributed by atoms with Crippen molar-refractivity contribution in [1.82, 2.24) is 15.1 Å². The summed E-state index contributed by atoms with van der Waals surface area (Å²) in [6, 6.07) is 0.187. The van der Waals surface area contributed by atoms with Crippen LogP contribution in [-0.4, -0.2) is 28.7 Å². The second-order valence-corrected chi connectivity index (χ2v) is 5.31. The van der Waals surface area contributed by atoms with Crippen LogP contribution in [0.3, 0.4) is 0 Å². The quantitative estimate of drug-likeness (QED) is 0.822. The average molecular weight is 302 g/mol. The summed E-state index contributed by atoms with van der Waals surface area (Å²) in [5, 5.41) is 7.42. The van der Waals surface area contributed by atoms with Crippen molar-refractivity contribution >= 4 is 21.7 Å². The Balaban J connectivity index is 2.91. The standard InChI is InChI=1S/C12H20BrN3O/c1-5-14-6-9(4)12(17)11-10(13)7-15-16(11)8(2)3/h7-9,14H,5-6H2,1-4H3. The summed E-state index contributed by atoms with van der Waals surface area (Å²) in [7, 11) is 0. The molecule has 0 amide bonds. The molecule has 5 heteroatoms. The zero-order chi connectivity index (χ0) is 13.0. The first-order chi connectivity index (χ1) is 7.99. The van der Waals surface area contributed by atoms with E-state index >= 15 is 0 Å². The predicted octanol–water partition coefficient (Wildman–Crippen LogP) is 2.65. The Bertz CT molecular complexity index is 387. The molecule has 0 fully saturated rings. The molecule has 17 heavy (non-hydrogen) atoms.